The van der Waals surface area contributed by atoms with Gasteiger partial charge in [-0.1, -0.05) is 152 Å². The van der Waals surface area contributed by atoms with Crippen LogP contribution in [0.1, 0.15) is 24.6 Å². The maximum Gasteiger partial charge on any atom is 0.143 e. The van der Waals surface area contributed by atoms with Crippen LogP contribution in [0, 0.1) is 0 Å². The van der Waals surface area contributed by atoms with Crippen LogP contribution >= 0.6 is 0 Å². The molecule has 10 aromatic carbocycles. The molecule has 0 amide bonds. The standard InChI is InChI=1S/C77H52N4O/c1-77(75-31-14-17-42-79-75)40-15-12-28-68(77)55-35-39-74-66(47-55)67-49-56(48-62(76(67)82-74)54-34-38-71-63(46-54)61-27-10-11-30-70(61)80(71)57-21-4-2-5-22-57)51-20-18-19-50(43-51)52-32-36-72-64(44-52)65-45-53(33-37-73(65)81(72)58-23-6-3-7-24-58)59-25-8-9-26-60(59)69-29-13-16-41-78-69/h2-39,41-49H,40H2,1H3. The van der Waals surface area contributed by atoms with Crippen LogP contribution in [0.4, 0.5) is 0 Å². The van der Waals surface area contributed by atoms with Crippen molar-refractivity contribution in [2.24, 2.45) is 0 Å². The van der Waals surface area contributed by atoms with Crippen LogP contribution in [0.15, 0.2) is 290 Å². The number of hydrogen-bond donors (Lipinski definition) is 0. The number of hydrogen-bond acceptors (Lipinski definition) is 3. The van der Waals surface area contributed by atoms with Crippen LogP contribution in [0.2, 0.25) is 0 Å². The minimum atomic E-state index is -0.304. The molecule has 0 bridgehead atoms. The highest BCUT2D eigenvalue weighted by molar-refractivity contribution is 6.16. The number of nitrogens with zero attached hydrogens (tertiary/aromatic N) is 4. The first-order valence-electron chi connectivity index (χ1n) is 28.2. The zero-order valence-corrected chi connectivity index (χ0v) is 45.0. The second kappa shape index (κ2) is 19.0. The maximum absolute atomic E-state index is 7.09. The number of fused-ring (bicyclic) bond motifs is 9. The van der Waals surface area contributed by atoms with Gasteiger partial charge in [0.1, 0.15) is 11.2 Å². The molecule has 1 unspecified atom stereocenters. The minimum Gasteiger partial charge on any atom is -0.455 e. The molecule has 0 saturated heterocycles. The van der Waals surface area contributed by atoms with Gasteiger partial charge in [-0.2, -0.15) is 0 Å². The Labute approximate surface area is 474 Å². The van der Waals surface area contributed by atoms with Gasteiger partial charge < -0.3 is 13.6 Å². The lowest BCUT2D eigenvalue weighted by Crippen LogP contribution is -2.26. The molecule has 0 spiro atoms. The lowest BCUT2D eigenvalue weighted by molar-refractivity contribution is 0.599. The molecule has 82 heavy (non-hydrogen) atoms. The normalized spacial score (nSPS) is 14.4. The van der Waals surface area contributed by atoms with Gasteiger partial charge in [-0.3, -0.25) is 9.97 Å². The van der Waals surface area contributed by atoms with E-state index in [0.29, 0.717) is 0 Å². The van der Waals surface area contributed by atoms with Crippen LogP contribution in [-0.4, -0.2) is 19.1 Å². The average molecular weight is 1050 g/mol. The SMILES string of the molecule is CC1(c2ccccn2)CC=CC=C1c1ccc2oc3c(-c4ccc5c(c4)c4ccccc4n5-c4ccccc4)cc(-c4cccc(-c5ccc6c(c5)c5cc(-c7ccccc7-c7ccccn7)ccc5n6-c5ccccc5)c4)cc3c2c1. The Morgan fingerprint density at radius 3 is 1.63 bits per heavy atom. The molecule has 16 rings (SSSR count). The van der Waals surface area contributed by atoms with Crippen molar-refractivity contribution < 1.29 is 4.42 Å². The fraction of sp³-hybridized carbons (Fsp3) is 0.0390. The average Bonchev–Trinajstić information content (AvgIpc) is 4.31. The zero-order chi connectivity index (χ0) is 54.3. The molecule has 1 aliphatic carbocycles. The molecule has 1 atom stereocenters. The van der Waals surface area contributed by atoms with Crippen molar-refractivity contribution >= 4 is 71.1 Å². The summed E-state index contributed by atoms with van der Waals surface area (Å²) < 4.78 is 11.9. The molecule has 15 aromatic rings. The molecular weight excluding hydrogens is 997 g/mol. The van der Waals surface area contributed by atoms with E-state index in [-0.39, 0.29) is 5.41 Å². The summed E-state index contributed by atoms with van der Waals surface area (Å²) in [6, 6.07) is 92.4. The summed E-state index contributed by atoms with van der Waals surface area (Å²) in [5, 5.41) is 6.93. The van der Waals surface area contributed by atoms with Crippen LogP contribution in [-0.2, 0) is 5.41 Å². The Hall–Kier alpha value is -10.6. The van der Waals surface area contributed by atoms with Crippen LogP contribution < -0.4 is 0 Å². The first-order chi connectivity index (χ1) is 40.5. The summed E-state index contributed by atoms with van der Waals surface area (Å²) in [5.41, 5.74) is 22.8. The molecule has 5 heterocycles. The molecule has 5 heteroatoms. The van der Waals surface area contributed by atoms with Crippen molar-refractivity contribution in [2.45, 2.75) is 18.8 Å². The highest BCUT2D eigenvalue weighted by Crippen LogP contribution is 2.47. The van der Waals surface area contributed by atoms with Crippen molar-refractivity contribution in [3.05, 3.63) is 297 Å². The van der Waals surface area contributed by atoms with Gasteiger partial charge >= 0.3 is 0 Å². The Morgan fingerprint density at radius 2 is 0.927 bits per heavy atom. The van der Waals surface area contributed by atoms with Gasteiger partial charge in [-0.15, -0.1) is 0 Å². The molecule has 0 radical (unpaired) electrons. The smallest absolute Gasteiger partial charge is 0.143 e. The Kier molecular flexibility index (Phi) is 11.0. The predicted octanol–water partition coefficient (Wildman–Crippen LogP) is 20.2. The van der Waals surface area contributed by atoms with Crippen molar-refractivity contribution in [3.63, 3.8) is 0 Å². The largest absolute Gasteiger partial charge is 0.455 e. The molecule has 0 N–H and O–H groups in total. The van der Waals surface area contributed by atoms with E-state index in [2.05, 4.69) is 277 Å². The molecule has 0 saturated carbocycles. The third-order valence-corrected chi connectivity index (χ3v) is 17.1. The number of benzene rings is 10. The summed E-state index contributed by atoms with van der Waals surface area (Å²) in [6.07, 6.45) is 11.3. The molecule has 5 aromatic heterocycles. The van der Waals surface area contributed by atoms with E-state index in [1.54, 1.807) is 0 Å². The van der Waals surface area contributed by atoms with E-state index in [1.165, 1.54) is 32.6 Å². The number of aromatic nitrogens is 4. The second-order valence-electron chi connectivity index (χ2n) is 21.9. The number of allylic oxidation sites excluding steroid dienone is 4. The van der Waals surface area contributed by atoms with Gasteiger partial charge in [-0.05, 0) is 185 Å². The third kappa shape index (κ3) is 7.69. The Balaban J connectivity index is 0.878. The highest BCUT2D eigenvalue weighted by atomic mass is 16.3. The van der Waals surface area contributed by atoms with Gasteiger partial charge in [0.2, 0.25) is 0 Å². The monoisotopic (exact) mass is 1050 g/mol. The van der Waals surface area contributed by atoms with Gasteiger partial charge in [-0.25, -0.2) is 0 Å². The van der Waals surface area contributed by atoms with Crippen molar-refractivity contribution in [2.75, 3.05) is 0 Å². The van der Waals surface area contributed by atoms with E-state index in [1.807, 2.05) is 24.5 Å². The van der Waals surface area contributed by atoms with E-state index in [0.717, 1.165) is 123 Å². The number of furan rings is 1. The van der Waals surface area contributed by atoms with E-state index in [4.69, 9.17) is 14.4 Å². The van der Waals surface area contributed by atoms with Crippen molar-refractivity contribution in [3.8, 4) is 67.1 Å². The molecule has 1 aliphatic rings. The maximum atomic E-state index is 7.09. The van der Waals surface area contributed by atoms with Crippen molar-refractivity contribution in [1.82, 2.24) is 19.1 Å². The van der Waals surface area contributed by atoms with Gasteiger partial charge in [0, 0.05) is 72.6 Å². The Morgan fingerprint density at radius 1 is 0.378 bits per heavy atom. The van der Waals surface area contributed by atoms with Gasteiger partial charge in [0.05, 0.1) is 33.5 Å². The minimum absolute atomic E-state index is 0.304. The predicted molar refractivity (Wildman–Crippen MR) is 341 cm³/mol. The summed E-state index contributed by atoms with van der Waals surface area (Å²) in [7, 11) is 0. The summed E-state index contributed by atoms with van der Waals surface area (Å²) in [5.74, 6) is 0. The van der Waals surface area contributed by atoms with Crippen molar-refractivity contribution in [1.29, 1.82) is 0 Å². The first kappa shape index (κ1) is 47.4. The second-order valence-corrected chi connectivity index (χ2v) is 21.9. The number of rotatable bonds is 9. The lowest BCUT2D eigenvalue weighted by Gasteiger charge is -2.33. The molecular formula is C77H52N4O. The summed E-state index contributed by atoms with van der Waals surface area (Å²) >= 11 is 0. The quantitative estimate of drug-likeness (QED) is 0.145. The number of pyridine rings is 2. The first-order valence-corrected chi connectivity index (χ1v) is 28.2. The van der Waals surface area contributed by atoms with Gasteiger partial charge in [0.25, 0.3) is 0 Å². The zero-order valence-electron chi connectivity index (χ0n) is 45.0. The van der Waals surface area contributed by atoms with Crippen LogP contribution in [0.25, 0.3) is 138 Å². The molecule has 5 nitrogen and oxygen atoms in total. The summed E-state index contributed by atoms with van der Waals surface area (Å²) in [4.78, 5) is 9.66. The lowest BCUT2D eigenvalue weighted by atomic mass is 9.71. The number of para-hydroxylation sites is 3. The molecule has 0 aliphatic heterocycles. The highest BCUT2D eigenvalue weighted by Gasteiger charge is 2.34. The fourth-order valence-corrected chi connectivity index (χ4v) is 13.1. The molecule has 0 fully saturated rings. The van der Waals surface area contributed by atoms with Gasteiger partial charge in [0.15, 0.2) is 0 Å². The van der Waals surface area contributed by atoms with Crippen LogP contribution in [0.3, 0.4) is 0 Å². The van der Waals surface area contributed by atoms with E-state index < -0.39 is 0 Å². The summed E-state index contributed by atoms with van der Waals surface area (Å²) in [6.45, 7) is 2.32. The van der Waals surface area contributed by atoms with E-state index in [9.17, 15) is 0 Å². The van der Waals surface area contributed by atoms with Crippen LogP contribution in [0.5, 0.6) is 0 Å². The van der Waals surface area contributed by atoms with E-state index >= 15 is 0 Å². The fourth-order valence-electron chi connectivity index (χ4n) is 13.1. The topological polar surface area (TPSA) is 48.8 Å². The Bertz CT molecular complexity index is 5070. The third-order valence-electron chi connectivity index (χ3n) is 17.1. The molecule has 386 valence electrons.